The van der Waals surface area contributed by atoms with Crippen LogP contribution in [0.4, 0.5) is 0 Å². The van der Waals surface area contributed by atoms with E-state index < -0.39 is 5.79 Å². The maximum Gasteiger partial charge on any atom is 0.196 e. The fourth-order valence-corrected chi connectivity index (χ4v) is 3.48. The molecule has 1 saturated carbocycles. The van der Waals surface area contributed by atoms with E-state index in [0.717, 1.165) is 30.6 Å². The molecule has 0 bridgehead atoms. The number of methoxy groups -OCH3 is 2. The average Bonchev–Trinajstić information content (AvgIpc) is 2.71. The molecule has 148 valence electrons. The van der Waals surface area contributed by atoms with Crippen LogP contribution in [0.3, 0.4) is 0 Å². The SMILES string of the molecule is CCCOCO[C@@](COCc1ccc(OC)cc1)(OC)C1CCCCC1. The van der Waals surface area contributed by atoms with E-state index in [1.165, 1.54) is 19.3 Å². The molecule has 1 aliphatic rings. The van der Waals surface area contributed by atoms with Crippen LogP contribution < -0.4 is 4.74 Å². The smallest absolute Gasteiger partial charge is 0.196 e. The van der Waals surface area contributed by atoms with Gasteiger partial charge in [-0.3, -0.25) is 0 Å². The molecule has 0 saturated heterocycles. The zero-order valence-corrected chi connectivity index (χ0v) is 16.5. The third kappa shape index (κ3) is 6.23. The maximum absolute atomic E-state index is 6.11. The molecule has 0 amide bonds. The van der Waals surface area contributed by atoms with Gasteiger partial charge in [0.1, 0.15) is 19.1 Å². The molecule has 0 aromatic heterocycles. The fraction of sp³-hybridized carbons (Fsp3) is 0.714. The Labute approximate surface area is 157 Å². The molecule has 0 N–H and O–H groups in total. The zero-order chi connectivity index (χ0) is 18.7. The van der Waals surface area contributed by atoms with Crippen LogP contribution >= 0.6 is 0 Å². The largest absolute Gasteiger partial charge is 0.497 e. The molecule has 0 radical (unpaired) electrons. The third-order valence-corrected chi connectivity index (χ3v) is 5.04. The first-order chi connectivity index (χ1) is 12.7. The van der Waals surface area contributed by atoms with E-state index in [0.29, 0.717) is 25.7 Å². The monoisotopic (exact) mass is 366 g/mol. The van der Waals surface area contributed by atoms with E-state index in [9.17, 15) is 0 Å². The summed E-state index contributed by atoms with van der Waals surface area (Å²) in [6.45, 7) is 3.93. The molecular weight excluding hydrogens is 332 g/mol. The van der Waals surface area contributed by atoms with Gasteiger partial charge in [-0.15, -0.1) is 0 Å². The molecule has 5 heteroatoms. The third-order valence-electron chi connectivity index (χ3n) is 5.04. The van der Waals surface area contributed by atoms with Crippen molar-refractivity contribution in [1.82, 2.24) is 0 Å². The molecule has 0 unspecified atom stereocenters. The number of hydrogen-bond donors (Lipinski definition) is 0. The number of hydrogen-bond acceptors (Lipinski definition) is 5. The first-order valence-corrected chi connectivity index (χ1v) is 9.71. The van der Waals surface area contributed by atoms with Crippen LogP contribution in [0.1, 0.15) is 51.0 Å². The van der Waals surface area contributed by atoms with Gasteiger partial charge in [0, 0.05) is 19.6 Å². The highest BCUT2D eigenvalue weighted by Crippen LogP contribution is 2.36. The van der Waals surface area contributed by atoms with Gasteiger partial charge in [0.25, 0.3) is 0 Å². The van der Waals surface area contributed by atoms with E-state index in [4.69, 9.17) is 23.7 Å². The molecule has 1 aromatic rings. The number of ether oxygens (including phenoxy) is 5. The van der Waals surface area contributed by atoms with Crippen molar-refractivity contribution in [2.75, 3.05) is 34.2 Å². The molecule has 2 rings (SSSR count). The Morgan fingerprint density at radius 2 is 1.73 bits per heavy atom. The van der Waals surface area contributed by atoms with Crippen molar-refractivity contribution in [3.8, 4) is 5.75 Å². The van der Waals surface area contributed by atoms with E-state index >= 15 is 0 Å². The lowest BCUT2D eigenvalue weighted by Gasteiger charge is -2.40. The number of benzene rings is 1. The highest BCUT2D eigenvalue weighted by atomic mass is 16.8. The quantitative estimate of drug-likeness (QED) is 0.402. The second-order valence-corrected chi connectivity index (χ2v) is 6.86. The lowest BCUT2D eigenvalue weighted by Crippen LogP contribution is -2.48. The standard InChI is InChI=1S/C21H34O5/c1-4-14-24-17-26-21(23-3,19-8-6-5-7-9-19)16-25-15-18-10-12-20(22-2)13-11-18/h10-13,19H,4-9,14-17H2,1-3H3/t21-/m1/s1. The Bertz CT molecular complexity index is 484. The Morgan fingerprint density at radius 3 is 2.35 bits per heavy atom. The minimum Gasteiger partial charge on any atom is -0.497 e. The fourth-order valence-electron chi connectivity index (χ4n) is 3.48. The van der Waals surface area contributed by atoms with Gasteiger partial charge in [0.15, 0.2) is 5.79 Å². The van der Waals surface area contributed by atoms with Gasteiger partial charge in [-0.2, -0.15) is 0 Å². The van der Waals surface area contributed by atoms with Crippen molar-refractivity contribution < 1.29 is 23.7 Å². The minimum absolute atomic E-state index is 0.240. The van der Waals surface area contributed by atoms with Crippen molar-refractivity contribution in [3.63, 3.8) is 0 Å². The highest BCUT2D eigenvalue weighted by Gasteiger charge is 2.41. The molecule has 0 heterocycles. The van der Waals surface area contributed by atoms with Gasteiger partial charge in [0.05, 0.1) is 13.7 Å². The lowest BCUT2D eigenvalue weighted by molar-refractivity contribution is -0.310. The summed E-state index contributed by atoms with van der Waals surface area (Å²) in [7, 11) is 3.38. The molecule has 5 nitrogen and oxygen atoms in total. The van der Waals surface area contributed by atoms with Crippen molar-refractivity contribution >= 4 is 0 Å². The van der Waals surface area contributed by atoms with Crippen molar-refractivity contribution in [2.45, 2.75) is 57.8 Å². The molecule has 1 fully saturated rings. The predicted octanol–water partition coefficient (Wildman–Crippen LogP) is 4.54. The summed E-state index contributed by atoms with van der Waals surface area (Å²) in [4.78, 5) is 0. The Kier molecular flexibility index (Phi) is 9.40. The van der Waals surface area contributed by atoms with Crippen LogP contribution in [-0.2, 0) is 25.6 Å². The summed E-state index contributed by atoms with van der Waals surface area (Å²) < 4.78 is 28.7. The predicted molar refractivity (Wildman–Crippen MR) is 101 cm³/mol. The van der Waals surface area contributed by atoms with Crippen LogP contribution in [0.25, 0.3) is 0 Å². The highest BCUT2D eigenvalue weighted by molar-refractivity contribution is 5.26. The van der Waals surface area contributed by atoms with Gasteiger partial charge in [0.2, 0.25) is 0 Å². The Morgan fingerprint density at radius 1 is 1.00 bits per heavy atom. The maximum atomic E-state index is 6.11. The summed E-state index contributed by atoms with van der Waals surface area (Å²) in [6, 6.07) is 7.91. The van der Waals surface area contributed by atoms with E-state index in [1.54, 1.807) is 14.2 Å². The molecule has 26 heavy (non-hydrogen) atoms. The summed E-state index contributed by atoms with van der Waals surface area (Å²) in [5.74, 6) is 0.446. The zero-order valence-electron chi connectivity index (χ0n) is 16.5. The molecule has 1 aromatic carbocycles. The molecule has 0 aliphatic heterocycles. The molecule has 1 atom stereocenters. The minimum atomic E-state index is -0.735. The molecule has 1 aliphatic carbocycles. The van der Waals surface area contributed by atoms with Crippen molar-refractivity contribution in [2.24, 2.45) is 5.92 Å². The van der Waals surface area contributed by atoms with Crippen molar-refractivity contribution in [3.05, 3.63) is 29.8 Å². The van der Waals surface area contributed by atoms with Crippen LogP contribution in [0.15, 0.2) is 24.3 Å². The first-order valence-electron chi connectivity index (χ1n) is 9.71. The second kappa shape index (κ2) is 11.5. The summed E-state index contributed by atoms with van der Waals surface area (Å²) in [5, 5.41) is 0. The Hall–Kier alpha value is -1.14. The summed E-state index contributed by atoms with van der Waals surface area (Å²) in [5.41, 5.74) is 1.10. The van der Waals surface area contributed by atoms with E-state index in [2.05, 4.69) is 6.92 Å². The van der Waals surface area contributed by atoms with Gasteiger partial charge in [-0.25, -0.2) is 0 Å². The van der Waals surface area contributed by atoms with Gasteiger partial charge < -0.3 is 23.7 Å². The van der Waals surface area contributed by atoms with Crippen LogP contribution in [0, 0.1) is 5.92 Å². The van der Waals surface area contributed by atoms with Gasteiger partial charge in [-0.05, 0) is 37.0 Å². The second-order valence-electron chi connectivity index (χ2n) is 6.86. The summed E-state index contributed by atoms with van der Waals surface area (Å²) in [6.07, 6.45) is 6.90. The average molecular weight is 366 g/mol. The topological polar surface area (TPSA) is 46.2 Å². The Balaban J connectivity index is 1.94. The van der Waals surface area contributed by atoms with E-state index in [1.807, 2.05) is 24.3 Å². The molecular formula is C21H34O5. The lowest BCUT2D eigenvalue weighted by atomic mass is 9.83. The van der Waals surface area contributed by atoms with Crippen LogP contribution in [0.2, 0.25) is 0 Å². The van der Waals surface area contributed by atoms with Gasteiger partial charge >= 0.3 is 0 Å². The van der Waals surface area contributed by atoms with E-state index in [-0.39, 0.29) is 6.79 Å². The van der Waals surface area contributed by atoms with Crippen LogP contribution in [-0.4, -0.2) is 40.0 Å². The molecule has 0 spiro atoms. The van der Waals surface area contributed by atoms with Gasteiger partial charge in [-0.1, -0.05) is 38.3 Å². The number of rotatable bonds is 12. The van der Waals surface area contributed by atoms with Crippen molar-refractivity contribution in [1.29, 1.82) is 0 Å². The van der Waals surface area contributed by atoms with Crippen LogP contribution in [0.5, 0.6) is 5.75 Å². The first kappa shape index (κ1) is 21.2. The summed E-state index contributed by atoms with van der Waals surface area (Å²) >= 11 is 0. The normalized spacial score (nSPS) is 17.8.